The molecule has 2 bridgehead atoms. The molecule has 1 saturated heterocycles. The minimum absolute atomic E-state index is 0.0995. The van der Waals surface area contributed by atoms with Crippen LogP contribution in [0.2, 0.25) is 0 Å². The topological polar surface area (TPSA) is 68.2 Å². The average molecular weight is 490 g/mol. The van der Waals surface area contributed by atoms with Crippen LogP contribution in [-0.4, -0.2) is 43.9 Å². The maximum Gasteiger partial charge on any atom is 0.420 e. The van der Waals surface area contributed by atoms with E-state index in [1.54, 1.807) is 29.2 Å². The monoisotopic (exact) mass is 490 g/mol. The molecule has 2 fully saturated rings. The summed E-state index contributed by atoms with van der Waals surface area (Å²) < 4.78 is 71.5. The van der Waals surface area contributed by atoms with E-state index in [-0.39, 0.29) is 35.6 Å². The number of rotatable bonds is 4. The molecule has 5 rings (SSSR count). The Morgan fingerprint density at radius 3 is 2.43 bits per heavy atom. The van der Waals surface area contributed by atoms with Gasteiger partial charge in [0.25, 0.3) is 5.91 Å². The maximum absolute atomic E-state index is 13.9. The van der Waals surface area contributed by atoms with Crippen molar-refractivity contribution < 1.29 is 31.5 Å². The molecule has 4 unspecified atom stereocenters. The highest BCUT2D eigenvalue weighted by Crippen LogP contribution is 2.45. The van der Waals surface area contributed by atoms with Crippen molar-refractivity contribution in [2.24, 2.45) is 5.92 Å². The lowest BCUT2D eigenvalue weighted by Crippen LogP contribution is -2.51. The van der Waals surface area contributed by atoms with Crippen LogP contribution in [0.3, 0.4) is 0 Å². The van der Waals surface area contributed by atoms with Crippen molar-refractivity contribution in [3.63, 3.8) is 0 Å². The van der Waals surface area contributed by atoms with E-state index in [1.807, 2.05) is 6.92 Å². The van der Waals surface area contributed by atoms with Gasteiger partial charge in [0, 0.05) is 17.7 Å². The van der Waals surface area contributed by atoms with Crippen molar-refractivity contribution in [2.75, 3.05) is 0 Å². The SMILES string of the molecule is CC1C2CC(Oc3ccc(C(F)(F)F)c(F)n3)C(C2)N1C(=O)c1ccccc1-c1ncc(F)cn1. The molecular formula is C24H19F5N4O2. The van der Waals surface area contributed by atoms with Gasteiger partial charge in [-0.3, -0.25) is 4.79 Å². The summed E-state index contributed by atoms with van der Waals surface area (Å²) in [4.78, 5) is 26.6. The lowest BCUT2D eigenvalue weighted by Gasteiger charge is -2.38. The molecule has 0 spiro atoms. The summed E-state index contributed by atoms with van der Waals surface area (Å²) in [6.45, 7) is 1.92. The van der Waals surface area contributed by atoms with Gasteiger partial charge in [-0.1, -0.05) is 18.2 Å². The number of hydrogen-bond acceptors (Lipinski definition) is 5. The minimum Gasteiger partial charge on any atom is -0.472 e. The molecule has 0 N–H and O–H groups in total. The number of halogens is 5. The molecule has 2 aliphatic rings. The third-order valence-electron chi connectivity index (χ3n) is 6.64. The van der Waals surface area contributed by atoms with Crippen LogP contribution in [0.15, 0.2) is 48.8 Å². The largest absolute Gasteiger partial charge is 0.472 e. The predicted octanol–water partition coefficient (Wildman–Crippen LogP) is 4.91. The first-order valence-electron chi connectivity index (χ1n) is 10.9. The highest BCUT2D eigenvalue weighted by molar-refractivity contribution is 6.00. The van der Waals surface area contributed by atoms with Crippen LogP contribution in [-0.2, 0) is 6.18 Å². The van der Waals surface area contributed by atoms with E-state index in [4.69, 9.17) is 4.74 Å². The van der Waals surface area contributed by atoms with Crippen LogP contribution < -0.4 is 4.74 Å². The molecule has 1 amide bonds. The summed E-state index contributed by atoms with van der Waals surface area (Å²) in [5.41, 5.74) is -0.699. The van der Waals surface area contributed by atoms with E-state index >= 15 is 0 Å². The van der Waals surface area contributed by atoms with Gasteiger partial charge < -0.3 is 9.64 Å². The number of fused-ring (bicyclic) bond motifs is 2. The van der Waals surface area contributed by atoms with Gasteiger partial charge in [-0.2, -0.15) is 22.5 Å². The Morgan fingerprint density at radius 2 is 1.77 bits per heavy atom. The molecule has 1 aliphatic carbocycles. The molecule has 3 heterocycles. The molecule has 182 valence electrons. The molecular weight excluding hydrogens is 471 g/mol. The molecule has 11 heteroatoms. The van der Waals surface area contributed by atoms with Gasteiger partial charge in [-0.15, -0.1) is 0 Å². The van der Waals surface area contributed by atoms with Crippen molar-refractivity contribution in [3.05, 3.63) is 71.7 Å². The van der Waals surface area contributed by atoms with E-state index in [2.05, 4.69) is 15.0 Å². The second kappa shape index (κ2) is 8.54. The summed E-state index contributed by atoms with van der Waals surface area (Å²) in [6.07, 6.45) is -2.19. The number of aromatic nitrogens is 3. The highest BCUT2D eigenvalue weighted by atomic mass is 19.4. The first-order valence-corrected chi connectivity index (χ1v) is 10.9. The highest BCUT2D eigenvalue weighted by Gasteiger charge is 2.53. The number of ether oxygens (including phenoxy) is 1. The lowest BCUT2D eigenvalue weighted by molar-refractivity contribution is -0.140. The number of nitrogens with zero attached hydrogens (tertiary/aromatic N) is 4. The third-order valence-corrected chi connectivity index (χ3v) is 6.64. The standard InChI is InChI=1S/C24H19F5N4O2/c1-12-13-8-18(19(9-13)35-20-7-6-17(21(26)32-20)24(27,28)29)33(12)23(34)16-5-3-2-4-15(16)22-30-10-14(25)11-31-22/h2-7,10-13,18-19H,8-9H2,1H3. The fourth-order valence-electron chi connectivity index (χ4n) is 5.00. The number of alkyl halides is 3. The average Bonchev–Trinajstić information content (AvgIpc) is 3.36. The first kappa shape index (κ1) is 23.1. The second-order valence-corrected chi connectivity index (χ2v) is 8.66. The smallest absolute Gasteiger partial charge is 0.420 e. The van der Waals surface area contributed by atoms with Gasteiger partial charge >= 0.3 is 6.18 Å². The van der Waals surface area contributed by atoms with Crippen LogP contribution in [0.4, 0.5) is 22.0 Å². The van der Waals surface area contributed by atoms with E-state index < -0.39 is 29.6 Å². The van der Waals surface area contributed by atoms with Gasteiger partial charge in [0.1, 0.15) is 11.7 Å². The molecule has 3 aromatic rings. The zero-order chi connectivity index (χ0) is 24.9. The van der Waals surface area contributed by atoms with E-state index in [0.717, 1.165) is 18.5 Å². The zero-order valence-electron chi connectivity index (χ0n) is 18.3. The number of amides is 1. The summed E-state index contributed by atoms with van der Waals surface area (Å²) in [5, 5.41) is 0. The van der Waals surface area contributed by atoms with Crippen molar-refractivity contribution in [1.29, 1.82) is 0 Å². The van der Waals surface area contributed by atoms with Crippen LogP contribution in [0, 0.1) is 17.7 Å². The molecule has 2 aromatic heterocycles. The van der Waals surface area contributed by atoms with Gasteiger partial charge in [0.05, 0.1) is 24.0 Å². The Bertz CT molecular complexity index is 1270. The number of piperidine rings is 1. The van der Waals surface area contributed by atoms with Crippen LogP contribution in [0.25, 0.3) is 11.4 Å². The Hall–Kier alpha value is -3.63. The zero-order valence-corrected chi connectivity index (χ0v) is 18.3. The quantitative estimate of drug-likeness (QED) is 0.384. The van der Waals surface area contributed by atoms with Crippen molar-refractivity contribution in [1.82, 2.24) is 19.9 Å². The number of carbonyl (C=O) groups excluding carboxylic acids is 1. The summed E-state index contributed by atoms with van der Waals surface area (Å²) in [5.74, 6) is -2.53. The molecule has 6 nitrogen and oxygen atoms in total. The lowest BCUT2D eigenvalue weighted by atomic mass is 9.97. The molecule has 1 aromatic carbocycles. The first-order chi connectivity index (χ1) is 16.6. The Kier molecular flexibility index (Phi) is 5.65. The summed E-state index contributed by atoms with van der Waals surface area (Å²) in [7, 11) is 0. The Labute approximate surface area is 196 Å². The van der Waals surface area contributed by atoms with Gasteiger partial charge in [-0.25, -0.2) is 14.4 Å². The minimum atomic E-state index is -4.86. The van der Waals surface area contributed by atoms with Crippen molar-refractivity contribution >= 4 is 5.91 Å². The Balaban J connectivity index is 1.40. The molecule has 4 atom stereocenters. The fourth-order valence-corrected chi connectivity index (χ4v) is 5.00. The van der Waals surface area contributed by atoms with Crippen molar-refractivity contribution in [2.45, 2.75) is 44.1 Å². The van der Waals surface area contributed by atoms with E-state index in [0.29, 0.717) is 30.0 Å². The van der Waals surface area contributed by atoms with Crippen LogP contribution in [0.1, 0.15) is 35.7 Å². The van der Waals surface area contributed by atoms with Gasteiger partial charge in [0.15, 0.2) is 11.6 Å². The molecule has 1 aliphatic heterocycles. The van der Waals surface area contributed by atoms with Crippen molar-refractivity contribution in [3.8, 4) is 17.3 Å². The number of likely N-dealkylation sites (tertiary alicyclic amines) is 1. The number of hydrogen-bond donors (Lipinski definition) is 0. The normalized spacial score (nSPS) is 23.5. The number of benzene rings is 1. The fraction of sp³-hybridized carbons (Fsp3) is 0.333. The van der Waals surface area contributed by atoms with E-state index in [9.17, 15) is 26.7 Å². The van der Waals surface area contributed by atoms with Crippen LogP contribution >= 0.6 is 0 Å². The summed E-state index contributed by atoms with van der Waals surface area (Å²) >= 11 is 0. The maximum atomic E-state index is 13.9. The van der Waals surface area contributed by atoms with Gasteiger partial charge in [-0.05, 0) is 37.8 Å². The predicted molar refractivity (Wildman–Crippen MR) is 113 cm³/mol. The molecule has 1 saturated carbocycles. The third kappa shape index (κ3) is 4.19. The Morgan fingerprint density at radius 1 is 1.06 bits per heavy atom. The number of carbonyl (C=O) groups is 1. The molecule has 35 heavy (non-hydrogen) atoms. The van der Waals surface area contributed by atoms with E-state index in [1.165, 1.54) is 0 Å². The van der Waals surface area contributed by atoms with Gasteiger partial charge in [0.2, 0.25) is 11.8 Å². The second-order valence-electron chi connectivity index (χ2n) is 8.66. The molecule has 0 radical (unpaired) electrons. The van der Waals surface area contributed by atoms with Crippen LogP contribution in [0.5, 0.6) is 5.88 Å². The summed E-state index contributed by atoms with van der Waals surface area (Å²) in [6, 6.07) is 7.79. The number of pyridine rings is 1.